The van der Waals surface area contributed by atoms with Gasteiger partial charge in [0.25, 0.3) is 0 Å². The Bertz CT molecular complexity index is 598. The number of hydrogen-bond donors (Lipinski definition) is 3. The Morgan fingerprint density at radius 2 is 1.95 bits per heavy atom. The van der Waals surface area contributed by atoms with E-state index in [4.69, 9.17) is 5.73 Å². The molecule has 0 atom stereocenters. The summed E-state index contributed by atoms with van der Waals surface area (Å²) in [5, 5.41) is 9.58. The van der Waals surface area contributed by atoms with E-state index in [2.05, 4.69) is 4.72 Å². The maximum Gasteiger partial charge on any atom is 0.243 e. The second-order valence-electron chi connectivity index (χ2n) is 5.73. The van der Waals surface area contributed by atoms with Crippen LogP contribution < -0.4 is 10.5 Å². The predicted molar refractivity (Wildman–Crippen MR) is 78.6 cm³/mol. The van der Waals surface area contributed by atoms with Gasteiger partial charge in [-0.3, -0.25) is 0 Å². The van der Waals surface area contributed by atoms with Gasteiger partial charge < -0.3 is 10.8 Å². The van der Waals surface area contributed by atoms with Gasteiger partial charge in [-0.25, -0.2) is 17.5 Å². The van der Waals surface area contributed by atoms with Gasteiger partial charge in [0.05, 0.1) is 0 Å². The molecule has 1 aromatic rings. The highest BCUT2D eigenvalue weighted by molar-refractivity contribution is 7.89. The minimum absolute atomic E-state index is 0.0745. The largest absolute Gasteiger partial charge is 0.399 e. The highest BCUT2D eigenvalue weighted by atomic mass is 32.2. The van der Waals surface area contributed by atoms with E-state index in [1.807, 2.05) is 0 Å². The molecule has 0 unspecified atom stereocenters. The monoisotopic (exact) mass is 316 g/mol. The van der Waals surface area contributed by atoms with Gasteiger partial charge in [0.2, 0.25) is 10.0 Å². The van der Waals surface area contributed by atoms with Crippen molar-refractivity contribution in [1.29, 1.82) is 0 Å². The number of hydrogen-bond acceptors (Lipinski definition) is 4. The van der Waals surface area contributed by atoms with Crippen molar-refractivity contribution in [2.75, 3.05) is 18.9 Å². The molecule has 1 aliphatic rings. The summed E-state index contributed by atoms with van der Waals surface area (Å²) in [6.45, 7) is 0.0367. The summed E-state index contributed by atoms with van der Waals surface area (Å²) in [6, 6.07) is 3.45. The van der Waals surface area contributed by atoms with Gasteiger partial charge in [-0.1, -0.05) is 19.3 Å². The van der Waals surface area contributed by atoms with Crippen LogP contribution in [-0.4, -0.2) is 26.7 Å². The minimum Gasteiger partial charge on any atom is -0.399 e. The fourth-order valence-corrected chi connectivity index (χ4v) is 4.01. The Morgan fingerprint density at radius 3 is 2.57 bits per heavy atom. The van der Waals surface area contributed by atoms with Crippen molar-refractivity contribution >= 4 is 15.7 Å². The maximum absolute atomic E-state index is 13.7. The molecule has 118 valence electrons. The van der Waals surface area contributed by atoms with Crippen LogP contribution >= 0.6 is 0 Å². The minimum atomic E-state index is -3.98. The summed E-state index contributed by atoms with van der Waals surface area (Å²) in [5.41, 5.74) is 5.26. The van der Waals surface area contributed by atoms with Gasteiger partial charge in [0.1, 0.15) is 10.7 Å². The number of aliphatic hydroxyl groups excluding tert-OH is 1. The van der Waals surface area contributed by atoms with E-state index < -0.39 is 26.2 Å². The summed E-state index contributed by atoms with van der Waals surface area (Å²) < 4.78 is 40.5. The Kier molecular flexibility index (Phi) is 4.85. The zero-order valence-electron chi connectivity index (χ0n) is 11.8. The number of halogens is 1. The smallest absolute Gasteiger partial charge is 0.243 e. The first-order valence-electron chi connectivity index (χ1n) is 7.04. The SMILES string of the molecule is Nc1ccc(F)c(S(=O)(=O)NCC2(CO)CCCCC2)c1. The Labute approximate surface area is 124 Å². The number of anilines is 1. The third kappa shape index (κ3) is 3.72. The fraction of sp³-hybridized carbons (Fsp3) is 0.571. The van der Waals surface area contributed by atoms with E-state index in [0.717, 1.165) is 44.2 Å². The number of nitrogens with two attached hydrogens (primary N) is 1. The van der Waals surface area contributed by atoms with Crippen molar-refractivity contribution in [2.45, 2.75) is 37.0 Å². The van der Waals surface area contributed by atoms with Crippen molar-refractivity contribution in [3.05, 3.63) is 24.0 Å². The average molecular weight is 316 g/mol. The van der Waals surface area contributed by atoms with Gasteiger partial charge in [-0.15, -0.1) is 0 Å². The normalized spacial score (nSPS) is 18.6. The molecule has 0 aromatic heterocycles. The lowest BCUT2D eigenvalue weighted by molar-refractivity contribution is 0.0867. The van der Waals surface area contributed by atoms with Gasteiger partial charge >= 0.3 is 0 Å². The molecule has 7 heteroatoms. The average Bonchev–Trinajstić information content (AvgIpc) is 2.49. The summed E-state index contributed by atoms with van der Waals surface area (Å²) in [7, 11) is -3.98. The first-order valence-corrected chi connectivity index (χ1v) is 8.52. The lowest BCUT2D eigenvalue weighted by atomic mass is 9.75. The second-order valence-corrected chi connectivity index (χ2v) is 7.47. The van der Waals surface area contributed by atoms with Crippen LogP contribution in [0.15, 0.2) is 23.1 Å². The lowest BCUT2D eigenvalue weighted by Gasteiger charge is -2.35. The van der Waals surface area contributed by atoms with E-state index in [9.17, 15) is 17.9 Å². The quantitative estimate of drug-likeness (QED) is 0.720. The third-order valence-electron chi connectivity index (χ3n) is 4.13. The molecular formula is C14H21FN2O3S. The topological polar surface area (TPSA) is 92.4 Å². The Balaban J connectivity index is 2.15. The zero-order valence-corrected chi connectivity index (χ0v) is 12.6. The predicted octanol–water partition coefficient (Wildman–Crippen LogP) is 1.63. The van der Waals surface area contributed by atoms with Gasteiger partial charge in [0.15, 0.2) is 0 Å². The van der Waals surface area contributed by atoms with Crippen LogP contribution in [0.3, 0.4) is 0 Å². The second kappa shape index (κ2) is 6.29. The maximum atomic E-state index is 13.7. The molecule has 0 saturated heterocycles. The number of nitrogen functional groups attached to an aromatic ring is 1. The molecule has 0 radical (unpaired) electrons. The molecule has 0 aliphatic heterocycles. The molecule has 1 aliphatic carbocycles. The van der Waals surface area contributed by atoms with Crippen molar-refractivity contribution in [3.8, 4) is 0 Å². The molecule has 4 N–H and O–H groups in total. The van der Waals surface area contributed by atoms with Crippen LogP contribution in [0.4, 0.5) is 10.1 Å². The van der Waals surface area contributed by atoms with Crippen LogP contribution in [0, 0.1) is 11.2 Å². The molecule has 5 nitrogen and oxygen atoms in total. The molecule has 0 spiro atoms. The van der Waals surface area contributed by atoms with Gasteiger partial charge in [-0.05, 0) is 31.0 Å². The van der Waals surface area contributed by atoms with Crippen LogP contribution in [0.5, 0.6) is 0 Å². The highest BCUT2D eigenvalue weighted by Gasteiger charge is 2.33. The van der Waals surface area contributed by atoms with Crippen LogP contribution in [0.2, 0.25) is 0 Å². The zero-order chi connectivity index (χ0) is 15.5. The summed E-state index contributed by atoms with van der Waals surface area (Å²) in [6.07, 6.45) is 4.57. The standard InChI is InChI=1S/C14H21FN2O3S/c15-12-5-4-11(16)8-13(12)21(19,20)17-9-14(10-18)6-2-1-3-7-14/h4-5,8,17-18H,1-3,6-7,9-10,16H2. The van der Waals surface area contributed by atoms with Crippen LogP contribution in [0.25, 0.3) is 0 Å². The van der Waals surface area contributed by atoms with Crippen molar-refractivity contribution in [2.24, 2.45) is 5.41 Å². The lowest BCUT2D eigenvalue weighted by Crippen LogP contribution is -2.41. The van der Waals surface area contributed by atoms with Crippen LogP contribution in [-0.2, 0) is 10.0 Å². The van der Waals surface area contributed by atoms with Crippen LogP contribution in [0.1, 0.15) is 32.1 Å². The summed E-state index contributed by atoms with van der Waals surface area (Å²) >= 11 is 0. The molecule has 0 heterocycles. The van der Waals surface area contributed by atoms with Gasteiger partial charge in [0, 0.05) is 24.3 Å². The van der Waals surface area contributed by atoms with Crippen molar-refractivity contribution in [1.82, 2.24) is 4.72 Å². The first kappa shape index (κ1) is 16.2. The third-order valence-corrected chi connectivity index (χ3v) is 5.55. The van der Waals surface area contributed by atoms with E-state index in [1.165, 1.54) is 6.07 Å². The van der Waals surface area contributed by atoms with E-state index in [-0.39, 0.29) is 18.8 Å². The molecule has 1 fully saturated rings. The molecular weight excluding hydrogens is 295 g/mol. The Hall–Kier alpha value is -1.18. The molecule has 0 amide bonds. The first-order chi connectivity index (χ1) is 9.88. The number of nitrogens with one attached hydrogen (secondary N) is 1. The number of rotatable bonds is 5. The molecule has 21 heavy (non-hydrogen) atoms. The molecule has 0 bridgehead atoms. The number of aliphatic hydroxyl groups is 1. The highest BCUT2D eigenvalue weighted by Crippen LogP contribution is 2.35. The molecule has 1 saturated carbocycles. The summed E-state index contributed by atoms with van der Waals surface area (Å²) in [4.78, 5) is -0.452. The van der Waals surface area contributed by atoms with E-state index in [1.54, 1.807) is 0 Å². The van der Waals surface area contributed by atoms with Crippen molar-refractivity contribution < 1.29 is 17.9 Å². The van der Waals surface area contributed by atoms with Gasteiger partial charge in [-0.2, -0.15) is 0 Å². The van der Waals surface area contributed by atoms with E-state index in [0.29, 0.717) is 0 Å². The molecule has 2 rings (SSSR count). The number of sulfonamides is 1. The fourth-order valence-electron chi connectivity index (χ4n) is 2.74. The number of benzene rings is 1. The summed E-state index contributed by atoms with van der Waals surface area (Å²) in [5.74, 6) is -0.835. The van der Waals surface area contributed by atoms with Crippen molar-refractivity contribution in [3.63, 3.8) is 0 Å². The molecule has 1 aromatic carbocycles. The van der Waals surface area contributed by atoms with E-state index >= 15 is 0 Å². The Morgan fingerprint density at radius 1 is 1.29 bits per heavy atom.